The molecule has 0 bridgehead atoms. The molecule has 1 aromatic rings. The maximum absolute atomic E-state index is 6.06. The van der Waals surface area contributed by atoms with Gasteiger partial charge in [0.15, 0.2) is 0 Å². The molecule has 1 heterocycles. The monoisotopic (exact) mass is 285 g/mol. The standard InChI is InChI=1S/C12H20BrN3/c1-8-10(13)11(14)16(15-8)9-4-6-12(2,3)7-5-9/h9H,4-7,14H2,1-3H3. The molecule has 1 fully saturated rings. The number of anilines is 1. The topological polar surface area (TPSA) is 43.8 Å². The average molecular weight is 286 g/mol. The van der Waals surface area contributed by atoms with Crippen LogP contribution in [0, 0.1) is 12.3 Å². The summed E-state index contributed by atoms with van der Waals surface area (Å²) in [7, 11) is 0. The summed E-state index contributed by atoms with van der Waals surface area (Å²) in [5, 5.41) is 4.53. The van der Waals surface area contributed by atoms with Gasteiger partial charge in [0.25, 0.3) is 0 Å². The Hall–Kier alpha value is -0.510. The van der Waals surface area contributed by atoms with Crippen LogP contribution in [0.1, 0.15) is 51.3 Å². The molecule has 0 spiro atoms. The van der Waals surface area contributed by atoms with Gasteiger partial charge < -0.3 is 5.73 Å². The Bertz CT molecular complexity index is 385. The zero-order chi connectivity index (χ0) is 11.9. The van der Waals surface area contributed by atoms with Crippen molar-refractivity contribution in [2.24, 2.45) is 5.41 Å². The molecule has 1 saturated carbocycles. The van der Waals surface area contributed by atoms with Gasteiger partial charge in [-0.2, -0.15) is 5.10 Å². The molecule has 1 aromatic heterocycles. The third-order valence-electron chi connectivity index (χ3n) is 3.70. The van der Waals surface area contributed by atoms with E-state index in [2.05, 4.69) is 34.9 Å². The number of hydrogen-bond donors (Lipinski definition) is 1. The summed E-state index contributed by atoms with van der Waals surface area (Å²) < 4.78 is 2.96. The Morgan fingerprint density at radius 1 is 1.38 bits per heavy atom. The van der Waals surface area contributed by atoms with E-state index in [9.17, 15) is 0 Å². The first-order valence-corrected chi connectivity index (χ1v) is 6.70. The Kier molecular flexibility index (Phi) is 3.03. The minimum absolute atomic E-state index is 0.484. The zero-order valence-corrected chi connectivity index (χ0v) is 11.8. The normalized spacial score (nSPS) is 21.2. The first-order valence-electron chi connectivity index (χ1n) is 5.91. The fourth-order valence-corrected chi connectivity index (χ4v) is 2.71. The van der Waals surface area contributed by atoms with Gasteiger partial charge >= 0.3 is 0 Å². The SMILES string of the molecule is Cc1nn(C2CCC(C)(C)CC2)c(N)c1Br. The number of aromatic nitrogens is 2. The number of nitrogens with two attached hydrogens (primary N) is 1. The lowest BCUT2D eigenvalue weighted by Crippen LogP contribution is -2.24. The average Bonchev–Trinajstić information content (AvgIpc) is 2.46. The van der Waals surface area contributed by atoms with Crippen LogP contribution >= 0.6 is 15.9 Å². The molecular weight excluding hydrogens is 266 g/mol. The van der Waals surface area contributed by atoms with Crippen molar-refractivity contribution in [3.8, 4) is 0 Å². The fourth-order valence-electron chi connectivity index (χ4n) is 2.45. The van der Waals surface area contributed by atoms with Crippen LogP contribution in [-0.4, -0.2) is 9.78 Å². The van der Waals surface area contributed by atoms with Crippen LogP contribution in [0.5, 0.6) is 0 Å². The summed E-state index contributed by atoms with van der Waals surface area (Å²) in [5.41, 5.74) is 7.53. The Morgan fingerprint density at radius 3 is 2.38 bits per heavy atom. The van der Waals surface area contributed by atoms with Gasteiger partial charge in [0, 0.05) is 0 Å². The van der Waals surface area contributed by atoms with E-state index in [1.165, 1.54) is 25.7 Å². The first kappa shape index (κ1) is 12.0. The molecule has 0 aliphatic heterocycles. The molecule has 1 aliphatic rings. The molecule has 0 radical (unpaired) electrons. The second-order valence-electron chi connectivity index (χ2n) is 5.62. The van der Waals surface area contributed by atoms with Crippen molar-refractivity contribution in [1.29, 1.82) is 0 Å². The number of rotatable bonds is 1. The fraction of sp³-hybridized carbons (Fsp3) is 0.750. The molecule has 90 valence electrons. The van der Waals surface area contributed by atoms with Crippen molar-refractivity contribution < 1.29 is 0 Å². The lowest BCUT2D eigenvalue weighted by Gasteiger charge is -2.34. The van der Waals surface area contributed by atoms with E-state index < -0.39 is 0 Å². The Balaban J connectivity index is 2.17. The summed E-state index contributed by atoms with van der Waals surface area (Å²) >= 11 is 3.48. The van der Waals surface area contributed by atoms with E-state index in [4.69, 9.17) is 5.73 Å². The molecule has 2 rings (SSSR count). The van der Waals surface area contributed by atoms with Gasteiger partial charge in [-0.3, -0.25) is 0 Å². The van der Waals surface area contributed by atoms with E-state index in [0.29, 0.717) is 11.5 Å². The molecule has 0 amide bonds. The highest BCUT2D eigenvalue weighted by atomic mass is 79.9. The number of hydrogen-bond acceptors (Lipinski definition) is 2. The summed E-state index contributed by atoms with van der Waals surface area (Å²) in [6.45, 7) is 6.68. The largest absolute Gasteiger partial charge is 0.383 e. The molecule has 0 atom stereocenters. The van der Waals surface area contributed by atoms with Gasteiger partial charge in [-0.05, 0) is 54.0 Å². The number of nitrogen functional groups attached to an aromatic ring is 1. The van der Waals surface area contributed by atoms with E-state index >= 15 is 0 Å². The van der Waals surface area contributed by atoms with Crippen LogP contribution < -0.4 is 5.73 Å². The summed E-state index contributed by atoms with van der Waals surface area (Å²) in [6, 6.07) is 0.484. The maximum atomic E-state index is 6.06. The molecule has 0 aromatic carbocycles. The third-order valence-corrected chi connectivity index (χ3v) is 4.68. The van der Waals surface area contributed by atoms with E-state index in [0.717, 1.165) is 16.0 Å². The molecule has 0 unspecified atom stereocenters. The molecule has 2 N–H and O–H groups in total. The molecular formula is C12H20BrN3. The quantitative estimate of drug-likeness (QED) is 0.855. The smallest absolute Gasteiger partial charge is 0.136 e. The van der Waals surface area contributed by atoms with Crippen LogP contribution in [0.25, 0.3) is 0 Å². The number of nitrogens with zero attached hydrogens (tertiary/aromatic N) is 2. The minimum atomic E-state index is 0.484. The molecule has 4 heteroatoms. The maximum Gasteiger partial charge on any atom is 0.136 e. The lowest BCUT2D eigenvalue weighted by molar-refractivity contribution is 0.187. The second kappa shape index (κ2) is 4.06. The van der Waals surface area contributed by atoms with Crippen molar-refractivity contribution in [2.75, 3.05) is 5.73 Å². The van der Waals surface area contributed by atoms with Gasteiger partial charge in [0.05, 0.1) is 16.2 Å². The van der Waals surface area contributed by atoms with Gasteiger partial charge in [-0.1, -0.05) is 13.8 Å². The van der Waals surface area contributed by atoms with Crippen molar-refractivity contribution in [2.45, 2.75) is 52.5 Å². The van der Waals surface area contributed by atoms with E-state index in [-0.39, 0.29) is 0 Å². The molecule has 1 aliphatic carbocycles. The Morgan fingerprint density at radius 2 is 1.94 bits per heavy atom. The van der Waals surface area contributed by atoms with Crippen LogP contribution in [0.15, 0.2) is 4.47 Å². The van der Waals surface area contributed by atoms with E-state index in [1.54, 1.807) is 0 Å². The highest BCUT2D eigenvalue weighted by Gasteiger charge is 2.29. The number of halogens is 1. The Labute approximate surface area is 106 Å². The summed E-state index contributed by atoms with van der Waals surface area (Å²) in [6.07, 6.45) is 4.89. The molecule has 0 saturated heterocycles. The zero-order valence-electron chi connectivity index (χ0n) is 10.3. The van der Waals surface area contributed by atoms with Crippen molar-refractivity contribution in [3.63, 3.8) is 0 Å². The van der Waals surface area contributed by atoms with Gasteiger partial charge in [-0.15, -0.1) is 0 Å². The predicted octanol–water partition coefficient (Wildman–Crippen LogP) is 3.68. The van der Waals surface area contributed by atoms with Gasteiger partial charge in [0.1, 0.15) is 5.82 Å². The van der Waals surface area contributed by atoms with E-state index in [1.807, 2.05) is 11.6 Å². The lowest BCUT2D eigenvalue weighted by atomic mass is 9.75. The second-order valence-corrected chi connectivity index (χ2v) is 6.42. The van der Waals surface area contributed by atoms with Crippen LogP contribution in [0.3, 0.4) is 0 Å². The third kappa shape index (κ3) is 2.12. The molecule has 16 heavy (non-hydrogen) atoms. The first-order chi connectivity index (χ1) is 7.41. The van der Waals surface area contributed by atoms with Gasteiger partial charge in [0.2, 0.25) is 0 Å². The summed E-state index contributed by atoms with van der Waals surface area (Å²) in [5.74, 6) is 0.780. The highest BCUT2D eigenvalue weighted by molar-refractivity contribution is 9.10. The van der Waals surface area contributed by atoms with Crippen molar-refractivity contribution in [1.82, 2.24) is 9.78 Å². The van der Waals surface area contributed by atoms with Crippen molar-refractivity contribution >= 4 is 21.7 Å². The predicted molar refractivity (Wildman–Crippen MR) is 70.4 cm³/mol. The van der Waals surface area contributed by atoms with Crippen LogP contribution in [0.2, 0.25) is 0 Å². The molecule has 3 nitrogen and oxygen atoms in total. The summed E-state index contributed by atoms with van der Waals surface area (Å²) in [4.78, 5) is 0. The number of aryl methyl sites for hydroxylation is 1. The van der Waals surface area contributed by atoms with Crippen LogP contribution in [-0.2, 0) is 0 Å². The van der Waals surface area contributed by atoms with Crippen LogP contribution in [0.4, 0.5) is 5.82 Å². The van der Waals surface area contributed by atoms with Gasteiger partial charge in [-0.25, -0.2) is 4.68 Å². The minimum Gasteiger partial charge on any atom is -0.383 e. The van der Waals surface area contributed by atoms with Crippen molar-refractivity contribution in [3.05, 3.63) is 10.2 Å². The highest BCUT2D eigenvalue weighted by Crippen LogP contribution is 2.41.